The van der Waals surface area contributed by atoms with Gasteiger partial charge in [0.15, 0.2) is 0 Å². The average Bonchev–Trinajstić information content (AvgIpc) is 2.82. The fourth-order valence-electron chi connectivity index (χ4n) is 3.78. The first-order valence-corrected chi connectivity index (χ1v) is 12.2. The number of carbonyl (C=O) groups is 2. The molecule has 4 nitrogen and oxygen atoms in total. The molecular formula is C28H31BrN2O2. The van der Waals surface area contributed by atoms with Gasteiger partial charge in [-0.1, -0.05) is 88.2 Å². The Morgan fingerprint density at radius 3 is 2.15 bits per heavy atom. The summed E-state index contributed by atoms with van der Waals surface area (Å²) in [6, 6.07) is 25.4. The van der Waals surface area contributed by atoms with Crippen molar-refractivity contribution in [3.05, 3.63) is 106 Å². The maximum absolute atomic E-state index is 13.5. The fourth-order valence-corrected chi connectivity index (χ4v) is 4.05. The van der Waals surface area contributed by atoms with Crippen LogP contribution in [0, 0.1) is 6.92 Å². The van der Waals surface area contributed by atoms with Crippen LogP contribution in [-0.2, 0) is 29.0 Å². The quantitative estimate of drug-likeness (QED) is 0.396. The number of amides is 2. The average molecular weight is 507 g/mol. The minimum atomic E-state index is -0.582. The Labute approximate surface area is 205 Å². The minimum Gasteiger partial charge on any atom is -0.355 e. The molecule has 0 aliphatic heterocycles. The SMILES string of the molecule is CCNC(=O)[C@@H](Cc1ccccc1)N(Cc1ccc(Br)cc1)C(=O)CCc1ccc(C)cc1. The van der Waals surface area contributed by atoms with Gasteiger partial charge in [-0.25, -0.2) is 0 Å². The molecule has 3 aromatic carbocycles. The van der Waals surface area contributed by atoms with Gasteiger partial charge in [0, 0.05) is 30.4 Å². The Balaban J connectivity index is 1.87. The summed E-state index contributed by atoms with van der Waals surface area (Å²) in [5.41, 5.74) is 4.33. The number of rotatable bonds is 10. The first-order valence-electron chi connectivity index (χ1n) is 11.4. The highest BCUT2D eigenvalue weighted by Gasteiger charge is 2.29. The first-order chi connectivity index (χ1) is 16.0. The molecular weight excluding hydrogens is 476 g/mol. The van der Waals surface area contributed by atoms with E-state index in [-0.39, 0.29) is 11.8 Å². The Kier molecular flexibility index (Phi) is 9.25. The van der Waals surface area contributed by atoms with Crippen molar-refractivity contribution in [2.75, 3.05) is 6.54 Å². The molecule has 0 heterocycles. The van der Waals surface area contributed by atoms with Crippen LogP contribution in [0.1, 0.15) is 35.6 Å². The Morgan fingerprint density at radius 2 is 1.52 bits per heavy atom. The van der Waals surface area contributed by atoms with Crippen LogP contribution >= 0.6 is 15.9 Å². The lowest BCUT2D eigenvalue weighted by molar-refractivity contribution is -0.141. The number of benzene rings is 3. The van der Waals surface area contributed by atoms with E-state index in [1.165, 1.54) is 5.56 Å². The highest BCUT2D eigenvalue weighted by Crippen LogP contribution is 2.18. The highest BCUT2D eigenvalue weighted by molar-refractivity contribution is 9.10. The molecule has 0 fully saturated rings. The van der Waals surface area contributed by atoms with E-state index in [4.69, 9.17) is 0 Å². The lowest BCUT2D eigenvalue weighted by Gasteiger charge is -2.31. The predicted octanol–water partition coefficient (Wildman–Crippen LogP) is 5.47. The van der Waals surface area contributed by atoms with Crippen LogP contribution in [0.4, 0.5) is 0 Å². The number of nitrogens with zero attached hydrogens (tertiary/aromatic N) is 1. The number of aryl methyl sites for hydroxylation is 2. The van der Waals surface area contributed by atoms with E-state index >= 15 is 0 Å². The number of hydrogen-bond acceptors (Lipinski definition) is 2. The van der Waals surface area contributed by atoms with E-state index in [0.717, 1.165) is 21.2 Å². The van der Waals surface area contributed by atoms with Crippen molar-refractivity contribution >= 4 is 27.7 Å². The second-order valence-corrected chi connectivity index (χ2v) is 9.15. The molecule has 172 valence electrons. The zero-order chi connectivity index (χ0) is 23.6. The van der Waals surface area contributed by atoms with Crippen molar-refractivity contribution in [1.29, 1.82) is 0 Å². The van der Waals surface area contributed by atoms with Gasteiger partial charge in [0.2, 0.25) is 11.8 Å². The molecule has 0 aliphatic rings. The Bertz CT molecular complexity index is 1030. The smallest absolute Gasteiger partial charge is 0.243 e. The molecule has 0 aliphatic carbocycles. The number of halogens is 1. The molecule has 3 rings (SSSR count). The van der Waals surface area contributed by atoms with Gasteiger partial charge >= 0.3 is 0 Å². The van der Waals surface area contributed by atoms with E-state index in [0.29, 0.717) is 32.4 Å². The molecule has 5 heteroatoms. The molecule has 0 spiro atoms. The molecule has 33 heavy (non-hydrogen) atoms. The monoisotopic (exact) mass is 506 g/mol. The third kappa shape index (κ3) is 7.57. The van der Waals surface area contributed by atoms with Crippen LogP contribution in [0.2, 0.25) is 0 Å². The molecule has 0 radical (unpaired) electrons. The van der Waals surface area contributed by atoms with Gasteiger partial charge in [0.25, 0.3) is 0 Å². The van der Waals surface area contributed by atoms with Crippen LogP contribution < -0.4 is 5.32 Å². The topological polar surface area (TPSA) is 49.4 Å². The fraction of sp³-hybridized carbons (Fsp3) is 0.286. The lowest BCUT2D eigenvalue weighted by atomic mass is 10.0. The molecule has 0 unspecified atom stereocenters. The van der Waals surface area contributed by atoms with Crippen LogP contribution in [-0.4, -0.2) is 29.3 Å². The molecule has 0 aromatic heterocycles. The highest BCUT2D eigenvalue weighted by atomic mass is 79.9. The van der Waals surface area contributed by atoms with E-state index in [1.54, 1.807) is 4.90 Å². The molecule has 3 aromatic rings. The van der Waals surface area contributed by atoms with Crippen molar-refractivity contribution < 1.29 is 9.59 Å². The maximum atomic E-state index is 13.5. The van der Waals surface area contributed by atoms with Crippen molar-refractivity contribution in [2.45, 2.75) is 45.7 Å². The lowest BCUT2D eigenvalue weighted by Crippen LogP contribution is -2.50. The summed E-state index contributed by atoms with van der Waals surface area (Å²) in [5, 5.41) is 2.94. The van der Waals surface area contributed by atoms with E-state index in [9.17, 15) is 9.59 Å². The number of nitrogens with one attached hydrogen (secondary N) is 1. The molecule has 0 bridgehead atoms. The summed E-state index contributed by atoms with van der Waals surface area (Å²) >= 11 is 3.47. The summed E-state index contributed by atoms with van der Waals surface area (Å²) in [7, 11) is 0. The first kappa shape index (κ1) is 24.7. The van der Waals surface area contributed by atoms with Gasteiger partial charge in [0.05, 0.1) is 0 Å². The second-order valence-electron chi connectivity index (χ2n) is 8.23. The Morgan fingerprint density at radius 1 is 0.879 bits per heavy atom. The third-order valence-corrected chi connectivity index (χ3v) is 6.17. The van der Waals surface area contributed by atoms with Crippen LogP contribution in [0.3, 0.4) is 0 Å². The summed E-state index contributed by atoms with van der Waals surface area (Å²) in [6.45, 7) is 4.85. The van der Waals surface area contributed by atoms with Gasteiger partial charge in [-0.05, 0) is 49.1 Å². The molecule has 0 saturated carbocycles. The standard InChI is InChI=1S/C28H31BrN2O2/c1-3-30-28(33)26(19-23-7-5-4-6-8-23)31(20-24-13-16-25(29)17-14-24)27(32)18-15-22-11-9-21(2)10-12-22/h4-14,16-17,26H,3,15,18-20H2,1-2H3,(H,30,33)/t26-/m1/s1. The summed E-state index contributed by atoms with van der Waals surface area (Å²) in [5.74, 6) is -0.146. The van der Waals surface area contributed by atoms with Crippen molar-refractivity contribution in [3.8, 4) is 0 Å². The molecule has 1 N–H and O–H groups in total. The summed E-state index contributed by atoms with van der Waals surface area (Å²) in [4.78, 5) is 28.4. The summed E-state index contributed by atoms with van der Waals surface area (Å²) in [6.07, 6.45) is 1.47. The summed E-state index contributed by atoms with van der Waals surface area (Å²) < 4.78 is 0.980. The van der Waals surface area contributed by atoms with Crippen LogP contribution in [0.5, 0.6) is 0 Å². The van der Waals surface area contributed by atoms with Gasteiger partial charge in [-0.2, -0.15) is 0 Å². The molecule has 2 amide bonds. The van der Waals surface area contributed by atoms with Gasteiger partial charge in [-0.3, -0.25) is 9.59 Å². The minimum absolute atomic E-state index is 0.0225. The predicted molar refractivity (Wildman–Crippen MR) is 137 cm³/mol. The second kappa shape index (κ2) is 12.4. The largest absolute Gasteiger partial charge is 0.355 e. The normalized spacial score (nSPS) is 11.6. The van der Waals surface area contributed by atoms with Crippen LogP contribution in [0.15, 0.2) is 83.3 Å². The molecule has 1 atom stereocenters. The zero-order valence-electron chi connectivity index (χ0n) is 19.3. The molecule has 0 saturated heterocycles. The van der Waals surface area contributed by atoms with Crippen LogP contribution in [0.25, 0.3) is 0 Å². The number of carbonyl (C=O) groups excluding carboxylic acids is 2. The van der Waals surface area contributed by atoms with Gasteiger partial charge in [0.1, 0.15) is 6.04 Å². The van der Waals surface area contributed by atoms with E-state index in [1.807, 2.05) is 61.5 Å². The van der Waals surface area contributed by atoms with E-state index in [2.05, 4.69) is 52.4 Å². The Hall–Kier alpha value is -2.92. The number of likely N-dealkylation sites (N-methyl/N-ethyl adjacent to an activating group) is 1. The van der Waals surface area contributed by atoms with Crippen molar-refractivity contribution in [1.82, 2.24) is 10.2 Å². The van der Waals surface area contributed by atoms with E-state index < -0.39 is 6.04 Å². The maximum Gasteiger partial charge on any atom is 0.243 e. The van der Waals surface area contributed by atoms with Crippen molar-refractivity contribution in [3.63, 3.8) is 0 Å². The number of hydrogen-bond donors (Lipinski definition) is 1. The van der Waals surface area contributed by atoms with Crippen molar-refractivity contribution in [2.24, 2.45) is 0 Å². The zero-order valence-corrected chi connectivity index (χ0v) is 20.8. The van der Waals surface area contributed by atoms with Gasteiger partial charge < -0.3 is 10.2 Å². The third-order valence-electron chi connectivity index (χ3n) is 5.64. The van der Waals surface area contributed by atoms with Gasteiger partial charge in [-0.15, -0.1) is 0 Å².